The molecule has 1 aliphatic rings. The Hall–Kier alpha value is -0.120. The summed E-state index contributed by atoms with van der Waals surface area (Å²) in [6, 6.07) is 1.04. The molecule has 1 rings (SSSR count). The molecule has 1 aliphatic heterocycles. The van der Waals surface area contributed by atoms with Crippen molar-refractivity contribution in [1.82, 2.24) is 10.6 Å². The molecule has 15 heavy (non-hydrogen) atoms. The van der Waals surface area contributed by atoms with Gasteiger partial charge in [0.1, 0.15) is 0 Å². The average molecular weight is 214 g/mol. The molecule has 1 heterocycles. The van der Waals surface area contributed by atoms with E-state index in [0.29, 0.717) is 12.1 Å². The lowest BCUT2D eigenvalue weighted by Gasteiger charge is -2.32. The van der Waals surface area contributed by atoms with Gasteiger partial charge in [-0.2, -0.15) is 0 Å². The van der Waals surface area contributed by atoms with E-state index in [1.54, 1.807) is 0 Å². The van der Waals surface area contributed by atoms with Crippen molar-refractivity contribution in [1.29, 1.82) is 0 Å². The molecule has 2 unspecified atom stereocenters. The number of aliphatic hydroxyl groups is 1. The molecule has 0 saturated carbocycles. The molecule has 0 aromatic carbocycles. The first-order valence-corrected chi connectivity index (χ1v) is 6.11. The van der Waals surface area contributed by atoms with E-state index in [1.807, 2.05) is 0 Å². The summed E-state index contributed by atoms with van der Waals surface area (Å²) in [6.45, 7) is 9.13. The number of hydrogen-bond donors (Lipinski definition) is 3. The van der Waals surface area contributed by atoms with Gasteiger partial charge in [-0.05, 0) is 31.2 Å². The third-order valence-corrected chi connectivity index (χ3v) is 3.24. The predicted molar refractivity (Wildman–Crippen MR) is 64.0 cm³/mol. The van der Waals surface area contributed by atoms with Gasteiger partial charge >= 0.3 is 0 Å². The van der Waals surface area contributed by atoms with E-state index < -0.39 is 0 Å². The minimum Gasteiger partial charge on any atom is -0.396 e. The van der Waals surface area contributed by atoms with E-state index in [4.69, 9.17) is 5.11 Å². The van der Waals surface area contributed by atoms with Crippen molar-refractivity contribution in [3.8, 4) is 0 Å². The van der Waals surface area contributed by atoms with Gasteiger partial charge < -0.3 is 15.7 Å². The number of aliphatic hydroxyl groups excluding tert-OH is 1. The third kappa shape index (κ3) is 4.49. The fraction of sp³-hybridized carbons (Fsp3) is 1.00. The van der Waals surface area contributed by atoms with Gasteiger partial charge in [-0.15, -0.1) is 0 Å². The Morgan fingerprint density at radius 3 is 2.67 bits per heavy atom. The van der Waals surface area contributed by atoms with Gasteiger partial charge in [0.25, 0.3) is 0 Å². The van der Waals surface area contributed by atoms with Crippen molar-refractivity contribution in [2.75, 3.05) is 19.7 Å². The number of rotatable bonds is 5. The van der Waals surface area contributed by atoms with E-state index in [-0.39, 0.29) is 12.0 Å². The monoisotopic (exact) mass is 214 g/mol. The van der Waals surface area contributed by atoms with E-state index >= 15 is 0 Å². The van der Waals surface area contributed by atoms with Crippen molar-refractivity contribution in [3.05, 3.63) is 0 Å². The van der Waals surface area contributed by atoms with Crippen molar-refractivity contribution >= 4 is 0 Å². The highest BCUT2D eigenvalue weighted by atomic mass is 16.3. The van der Waals surface area contributed by atoms with Crippen LogP contribution in [0.25, 0.3) is 0 Å². The summed E-state index contributed by atoms with van der Waals surface area (Å²) in [5, 5.41) is 16.1. The van der Waals surface area contributed by atoms with Crippen LogP contribution in [0.3, 0.4) is 0 Å². The fourth-order valence-electron chi connectivity index (χ4n) is 2.19. The maximum atomic E-state index is 9.04. The van der Waals surface area contributed by atoms with Crippen LogP contribution in [0.4, 0.5) is 0 Å². The molecule has 1 saturated heterocycles. The lowest BCUT2D eigenvalue weighted by atomic mass is 9.85. The second-order valence-electron chi connectivity index (χ2n) is 5.63. The Morgan fingerprint density at radius 2 is 2.20 bits per heavy atom. The van der Waals surface area contributed by atoms with Crippen molar-refractivity contribution < 1.29 is 5.11 Å². The Morgan fingerprint density at radius 1 is 1.47 bits per heavy atom. The van der Waals surface area contributed by atoms with Gasteiger partial charge in [-0.25, -0.2) is 0 Å². The Labute approximate surface area is 93.6 Å². The van der Waals surface area contributed by atoms with Gasteiger partial charge in [0, 0.05) is 25.2 Å². The highest BCUT2D eigenvalue weighted by molar-refractivity contribution is 4.84. The highest BCUT2D eigenvalue weighted by Crippen LogP contribution is 2.21. The molecule has 0 spiro atoms. The second-order valence-corrected chi connectivity index (χ2v) is 5.63. The third-order valence-electron chi connectivity index (χ3n) is 3.24. The quantitative estimate of drug-likeness (QED) is 0.643. The van der Waals surface area contributed by atoms with Crippen molar-refractivity contribution in [3.63, 3.8) is 0 Å². The summed E-state index contributed by atoms with van der Waals surface area (Å²) in [4.78, 5) is 0. The van der Waals surface area contributed by atoms with Gasteiger partial charge in [-0.3, -0.25) is 0 Å². The van der Waals surface area contributed by atoms with Crippen LogP contribution < -0.4 is 10.6 Å². The summed E-state index contributed by atoms with van der Waals surface area (Å²) >= 11 is 0. The maximum absolute atomic E-state index is 9.04. The zero-order valence-corrected chi connectivity index (χ0v) is 10.3. The molecule has 0 aliphatic carbocycles. The van der Waals surface area contributed by atoms with Gasteiger partial charge in [0.05, 0.1) is 0 Å². The van der Waals surface area contributed by atoms with Crippen LogP contribution in [0.2, 0.25) is 0 Å². The first kappa shape index (κ1) is 12.9. The number of nitrogens with one attached hydrogen (secondary N) is 2. The minimum atomic E-state index is 0.224. The predicted octanol–water partition coefficient (Wildman–Crippen LogP) is 1.13. The molecule has 0 aromatic rings. The molecule has 0 bridgehead atoms. The Bertz CT molecular complexity index is 171. The largest absolute Gasteiger partial charge is 0.396 e. The molecule has 3 heteroatoms. The van der Waals surface area contributed by atoms with Crippen LogP contribution >= 0.6 is 0 Å². The van der Waals surface area contributed by atoms with Crippen molar-refractivity contribution in [2.24, 2.45) is 5.41 Å². The fourth-order valence-corrected chi connectivity index (χ4v) is 2.19. The molecule has 2 atom stereocenters. The zero-order chi connectivity index (χ0) is 11.3. The molecule has 0 aromatic heterocycles. The standard InChI is InChI=1S/C12H26N2O/c1-12(2,3)11(6-8-15)14-9-10-5-4-7-13-10/h10-11,13-15H,4-9H2,1-3H3. The molecule has 3 nitrogen and oxygen atoms in total. The zero-order valence-electron chi connectivity index (χ0n) is 10.3. The van der Waals surface area contributed by atoms with Gasteiger partial charge in [-0.1, -0.05) is 20.8 Å². The molecular weight excluding hydrogens is 188 g/mol. The van der Waals surface area contributed by atoms with Crippen LogP contribution in [0.1, 0.15) is 40.0 Å². The van der Waals surface area contributed by atoms with Crippen LogP contribution in [0.5, 0.6) is 0 Å². The molecule has 1 fully saturated rings. The summed E-state index contributed by atoms with van der Waals surface area (Å²) in [7, 11) is 0. The van der Waals surface area contributed by atoms with Gasteiger partial charge in [0.15, 0.2) is 0 Å². The summed E-state index contributed by atoms with van der Waals surface area (Å²) in [5.41, 5.74) is 0.224. The van der Waals surface area contributed by atoms with E-state index in [0.717, 1.165) is 19.5 Å². The Balaban J connectivity index is 2.30. The summed E-state index contributed by atoms with van der Waals surface area (Å²) in [5.74, 6) is 0. The second kappa shape index (κ2) is 5.83. The molecule has 90 valence electrons. The molecule has 0 amide bonds. The first-order chi connectivity index (χ1) is 7.04. The van der Waals surface area contributed by atoms with Crippen LogP contribution in [0, 0.1) is 5.41 Å². The van der Waals surface area contributed by atoms with Crippen LogP contribution in [-0.4, -0.2) is 36.9 Å². The smallest absolute Gasteiger partial charge is 0.0446 e. The molecular formula is C12H26N2O. The minimum absolute atomic E-state index is 0.224. The SMILES string of the molecule is CC(C)(C)C(CCO)NCC1CCCN1. The molecule has 3 N–H and O–H groups in total. The van der Waals surface area contributed by atoms with E-state index in [2.05, 4.69) is 31.4 Å². The Kier molecular flexibility index (Phi) is 5.03. The summed E-state index contributed by atoms with van der Waals surface area (Å²) < 4.78 is 0. The van der Waals surface area contributed by atoms with Crippen LogP contribution in [-0.2, 0) is 0 Å². The van der Waals surface area contributed by atoms with E-state index in [9.17, 15) is 0 Å². The highest BCUT2D eigenvalue weighted by Gasteiger charge is 2.25. The summed E-state index contributed by atoms with van der Waals surface area (Å²) in [6.07, 6.45) is 3.42. The molecule has 0 radical (unpaired) electrons. The maximum Gasteiger partial charge on any atom is 0.0446 e. The average Bonchev–Trinajstić information content (AvgIpc) is 2.62. The van der Waals surface area contributed by atoms with Crippen LogP contribution in [0.15, 0.2) is 0 Å². The number of hydrogen-bond acceptors (Lipinski definition) is 3. The van der Waals surface area contributed by atoms with Crippen molar-refractivity contribution in [2.45, 2.75) is 52.1 Å². The normalized spacial score (nSPS) is 24.4. The lowest BCUT2D eigenvalue weighted by Crippen LogP contribution is -2.46. The topological polar surface area (TPSA) is 44.3 Å². The first-order valence-electron chi connectivity index (χ1n) is 6.11. The van der Waals surface area contributed by atoms with E-state index in [1.165, 1.54) is 12.8 Å². The lowest BCUT2D eigenvalue weighted by molar-refractivity contribution is 0.195. The van der Waals surface area contributed by atoms with Gasteiger partial charge in [0.2, 0.25) is 0 Å².